The maximum Gasteiger partial charge on any atom is 0.326 e. The Balaban J connectivity index is 1.40. The van der Waals surface area contributed by atoms with Crippen LogP contribution in [0.4, 0.5) is 15.9 Å². The molecule has 9 nitrogen and oxygen atoms in total. The molecule has 5 heterocycles. The number of anilines is 2. The van der Waals surface area contributed by atoms with Gasteiger partial charge in [-0.3, -0.25) is 0 Å². The van der Waals surface area contributed by atoms with Crippen LogP contribution >= 0.6 is 0 Å². The van der Waals surface area contributed by atoms with Gasteiger partial charge in [0, 0.05) is 43.7 Å². The van der Waals surface area contributed by atoms with Gasteiger partial charge in [-0.1, -0.05) is 0 Å². The van der Waals surface area contributed by atoms with Crippen LogP contribution in [0.3, 0.4) is 0 Å². The third-order valence-corrected chi connectivity index (χ3v) is 7.16. The molecule has 0 spiro atoms. The number of pyridine rings is 1. The number of furan rings is 1. The fourth-order valence-electron chi connectivity index (χ4n) is 5.42. The first kappa shape index (κ1) is 19.5. The number of nitrogens with two attached hydrogens (primary N) is 1. The maximum atomic E-state index is 14.5. The Morgan fingerprint density at radius 1 is 1.26 bits per heavy atom. The normalized spacial score (nSPS) is 21.9. The largest absolute Gasteiger partial charge is 0.463 e. The lowest BCUT2D eigenvalue weighted by molar-refractivity contribution is 0.194. The SMILES string of the molecule is CNc1cc(F)cc2c1[nH]c1nc(Oc3cnc4ccoc4c3)nc(N3CC4CC(N)C4C3)c12. The Hall–Kier alpha value is -3.92. The molecule has 10 heteroatoms. The molecule has 7 rings (SSSR count). The van der Waals surface area contributed by atoms with Gasteiger partial charge in [0.2, 0.25) is 0 Å². The molecule has 0 amide bonds. The van der Waals surface area contributed by atoms with Gasteiger partial charge in [-0.05, 0) is 30.4 Å². The predicted octanol–water partition coefficient (Wildman–Crippen LogP) is 4.01. The van der Waals surface area contributed by atoms with Crippen LogP contribution < -0.4 is 20.7 Å². The summed E-state index contributed by atoms with van der Waals surface area (Å²) in [6.45, 7) is 1.66. The number of rotatable bonds is 4. The van der Waals surface area contributed by atoms with Gasteiger partial charge in [0.05, 0.1) is 29.1 Å². The van der Waals surface area contributed by atoms with Crippen LogP contribution in [0.25, 0.3) is 33.0 Å². The quantitative estimate of drug-likeness (QED) is 0.369. The summed E-state index contributed by atoms with van der Waals surface area (Å²) in [6, 6.07) is 6.91. The third kappa shape index (κ3) is 2.84. The Morgan fingerprint density at radius 3 is 3.00 bits per heavy atom. The Bertz CT molecular complexity index is 1580. The van der Waals surface area contributed by atoms with E-state index in [1.165, 1.54) is 12.1 Å². The molecule has 0 bridgehead atoms. The van der Waals surface area contributed by atoms with Crippen LogP contribution in [-0.4, -0.2) is 46.1 Å². The molecule has 1 aliphatic heterocycles. The number of aromatic nitrogens is 4. The summed E-state index contributed by atoms with van der Waals surface area (Å²) in [4.78, 5) is 19.4. The minimum atomic E-state index is -0.328. The van der Waals surface area contributed by atoms with Gasteiger partial charge in [0.25, 0.3) is 0 Å². The second kappa shape index (κ2) is 7.04. The molecule has 1 aromatic carbocycles. The number of nitrogens with one attached hydrogen (secondary N) is 2. The molecular weight excluding hydrogens is 437 g/mol. The summed E-state index contributed by atoms with van der Waals surface area (Å²) in [5.41, 5.74) is 9.60. The first-order valence-corrected chi connectivity index (χ1v) is 11.3. The summed E-state index contributed by atoms with van der Waals surface area (Å²) < 4.78 is 25.9. The van der Waals surface area contributed by atoms with Gasteiger partial charge >= 0.3 is 6.01 Å². The van der Waals surface area contributed by atoms with Crippen molar-refractivity contribution in [2.45, 2.75) is 12.5 Å². The molecule has 3 unspecified atom stereocenters. The maximum absolute atomic E-state index is 14.5. The number of ether oxygens (including phenoxy) is 1. The van der Waals surface area contributed by atoms with E-state index in [9.17, 15) is 4.39 Å². The third-order valence-electron chi connectivity index (χ3n) is 7.16. The zero-order valence-electron chi connectivity index (χ0n) is 18.4. The van der Waals surface area contributed by atoms with E-state index in [1.54, 1.807) is 31.6 Å². The average Bonchev–Trinajstić information content (AvgIpc) is 3.52. The van der Waals surface area contributed by atoms with Gasteiger partial charge in [-0.25, -0.2) is 9.37 Å². The van der Waals surface area contributed by atoms with Crippen molar-refractivity contribution in [3.8, 4) is 11.8 Å². The molecule has 1 saturated carbocycles. The van der Waals surface area contributed by atoms with Crippen molar-refractivity contribution in [1.82, 2.24) is 19.9 Å². The highest BCUT2D eigenvalue weighted by Gasteiger charge is 2.46. The first-order chi connectivity index (χ1) is 16.6. The lowest BCUT2D eigenvalue weighted by Crippen LogP contribution is -2.46. The zero-order chi connectivity index (χ0) is 23.0. The molecule has 0 radical (unpaired) electrons. The van der Waals surface area contributed by atoms with E-state index in [4.69, 9.17) is 19.9 Å². The van der Waals surface area contributed by atoms with Crippen LogP contribution in [0.15, 0.2) is 41.1 Å². The van der Waals surface area contributed by atoms with Crippen molar-refractivity contribution in [2.24, 2.45) is 17.6 Å². The Kier molecular flexibility index (Phi) is 4.04. The fraction of sp³-hybridized carbons (Fsp3) is 0.292. The van der Waals surface area contributed by atoms with Gasteiger partial charge < -0.3 is 30.1 Å². The molecule has 34 heavy (non-hydrogen) atoms. The summed E-state index contributed by atoms with van der Waals surface area (Å²) >= 11 is 0. The first-order valence-electron chi connectivity index (χ1n) is 11.3. The number of aromatic amines is 1. The smallest absolute Gasteiger partial charge is 0.326 e. The molecule has 2 fully saturated rings. The lowest BCUT2D eigenvalue weighted by Gasteiger charge is -2.36. The summed E-state index contributed by atoms with van der Waals surface area (Å²) in [5, 5.41) is 4.56. The number of hydrogen-bond donors (Lipinski definition) is 3. The highest BCUT2D eigenvalue weighted by atomic mass is 19.1. The van der Waals surface area contributed by atoms with Crippen molar-refractivity contribution in [3.63, 3.8) is 0 Å². The van der Waals surface area contributed by atoms with E-state index >= 15 is 0 Å². The topological polar surface area (TPSA) is 118 Å². The molecule has 5 aromatic rings. The Morgan fingerprint density at radius 2 is 2.18 bits per heavy atom. The van der Waals surface area contributed by atoms with Crippen molar-refractivity contribution >= 4 is 44.5 Å². The number of fused-ring (bicyclic) bond motifs is 5. The number of benzene rings is 1. The van der Waals surface area contributed by atoms with Crippen LogP contribution in [0.1, 0.15) is 6.42 Å². The van der Waals surface area contributed by atoms with Gasteiger partial charge in [0.15, 0.2) is 11.3 Å². The van der Waals surface area contributed by atoms with E-state index in [0.29, 0.717) is 40.3 Å². The molecule has 4 aromatic heterocycles. The monoisotopic (exact) mass is 459 g/mol. The van der Waals surface area contributed by atoms with Gasteiger partial charge in [0.1, 0.15) is 22.8 Å². The van der Waals surface area contributed by atoms with E-state index in [2.05, 4.69) is 25.2 Å². The average molecular weight is 459 g/mol. The summed E-state index contributed by atoms with van der Waals surface area (Å²) in [6.07, 6.45) is 4.21. The second-order valence-electron chi connectivity index (χ2n) is 9.11. The van der Waals surface area contributed by atoms with E-state index in [-0.39, 0.29) is 17.9 Å². The van der Waals surface area contributed by atoms with Crippen molar-refractivity contribution < 1.29 is 13.5 Å². The highest BCUT2D eigenvalue weighted by molar-refractivity contribution is 6.14. The second-order valence-corrected chi connectivity index (χ2v) is 9.11. The molecule has 1 saturated heterocycles. The highest BCUT2D eigenvalue weighted by Crippen LogP contribution is 2.44. The number of nitrogens with zero attached hydrogens (tertiary/aromatic N) is 4. The number of halogens is 1. The minimum absolute atomic E-state index is 0.178. The lowest BCUT2D eigenvalue weighted by atomic mass is 9.72. The number of H-pyrrole nitrogens is 1. The van der Waals surface area contributed by atoms with Crippen molar-refractivity contribution in [2.75, 3.05) is 30.4 Å². The fourth-order valence-corrected chi connectivity index (χ4v) is 5.42. The van der Waals surface area contributed by atoms with Crippen LogP contribution in [0.2, 0.25) is 0 Å². The van der Waals surface area contributed by atoms with Crippen LogP contribution in [0.5, 0.6) is 11.8 Å². The Labute approximate surface area is 193 Å². The number of hydrogen-bond acceptors (Lipinski definition) is 8. The van der Waals surface area contributed by atoms with E-state index < -0.39 is 0 Å². The molecule has 3 atom stereocenters. The molecule has 1 aliphatic carbocycles. The van der Waals surface area contributed by atoms with Crippen LogP contribution in [0, 0.1) is 17.7 Å². The van der Waals surface area contributed by atoms with E-state index in [0.717, 1.165) is 41.3 Å². The molecule has 4 N–H and O–H groups in total. The summed E-state index contributed by atoms with van der Waals surface area (Å²) in [5.74, 6) is 1.84. The molecular formula is C24H22FN7O2. The van der Waals surface area contributed by atoms with Crippen molar-refractivity contribution in [1.29, 1.82) is 0 Å². The van der Waals surface area contributed by atoms with Gasteiger partial charge in [-0.15, -0.1) is 0 Å². The predicted molar refractivity (Wildman–Crippen MR) is 127 cm³/mol. The minimum Gasteiger partial charge on any atom is -0.463 e. The van der Waals surface area contributed by atoms with Crippen molar-refractivity contribution in [3.05, 3.63) is 42.5 Å². The standard InChI is InChI=1S/C24H22FN7O2/c1-27-18-6-12(25)5-14-20-22(29-21(14)18)30-24(34-13-7-19-17(28-8-13)2-3-33-19)31-23(20)32-9-11-4-16(26)15(11)10-32/h2-3,5-8,11,15-16,27H,4,9-10,26H2,1H3,(H,29,30,31). The molecule has 172 valence electrons. The summed E-state index contributed by atoms with van der Waals surface area (Å²) in [7, 11) is 1.76. The molecule has 2 aliphatic rings. The van der Waals surface area contributed by atoms with E-state index in [1.807, 2.05) is 0 Å². The van der Waals surface area contributed by atoms with Crippen LogP contribution in [-0.2, 0) is 0 Å². The van der Waals surface area contributed by atoms with Gasteiger partial charge in [-0.2, -0.15) is 9.97 Å². The zero-order valence-corrected chi connectivity index (χ0v) is 18.4.